The van der Waals surface area contributed by atoms with Crippen molar-refractivity contribution in [3.8, 4) is 5.69 Å². The molecule has 0 saturated heterocycles. The number of carbonyl (C=O) groups excluding carboxylic acids is 2. The van der Waals surface area contributed by atoms with E-state index in [9.17, 15) is 31.2 Å². The number of nitrogens with zero attached hydrogens (tertiary/aromatic N) is 2. The summed E-state index contributed by atoms with van der Waals surface area (Å²) in [4.78, 5) is 30.1. The summed E-state index contributed by atoms with van der Waals surface area (Å²) < 4.78 is 68.7. The van der Waals surface area contributed by atoms with Crippen molar-refractivity contribution in [1.29, 1.82) is 0 Å². The Hall–Kier alpha value is -5.93. The van der Waals surface area contributed by atoms with Gasteiger partial charge in [-0.2, -0.15) is 13.2 Å². The highest BCUT2D eigenvalue weighted by Crippen LogP contribution is 2.35. The van der Waals surface area contributed by atoms with E-state index in [1.54, 1.807) is 67.7 Å². The number of carbonyl (C=O) groups is 2. The van der Waals surface area contributed by atoms with Crippen LogP contribution in [0, 0.1) is 6.92 Å². The fourth-order valence-corrected chi connectivity index (χ4v) is 5.81. The molecule has 1 aromatic heterocycles. The van der Waals surface area contributed by atoms with E-state index in [1.807, 2.05) is 0 Å². The standard InChI is InChI=1S/C34H28F3N7O4S/c1-20-18-44(19-40-20)27-13-21(12-22(14-27)34(35,36)37)32(45)42-25-5-3-4-24(15-25)41-26-8-11-29-30(33(46)43-31(29)16-26)17-39-23-6-9-28(10-7-23)49(47,48)38-2/h3-19,38-39,41H,1-2H3,(H,42,45)(H,43,46)/b30-17-. The number of hydrogen-bond acceptors (Lipinski definition) is 7. The first-order valence-electron chi connectivity index (χ1n) is 14.7. The van der Waals surface area contributed by atoms with Crippen molar-refractivity contribution in [1.82, 2.24) is 14.3 Å². The molecule has 6 rings (SSSR count). The molecule has 15 heteroatoms. The minimum absolute atomic E-state index is 0.107. The predicted molar refractivity (Wildman–Crippen MR) is 180 cm³/mol. The van der Waals surface area contributed by atoms with Gasteiger partial charge < -0.3 is 25.8 Å². The number of imidazole rings is 1. The Balaban J connectivity index is 1.16. The first kappa shape index (κ1) is 33.0. The van der Waals surface area contributed by atoms with Crippen molar-refractivity contribution in [2.24, 2.45) is 0 Å². The van der Waals surface area contributed by atoms with Crippen LogP contribution in [0.3, 0.4) is 0 Å². The molecule has 0 radical (unpaired) electrons. The lowest BCUT2D eigenvalue weighted by Gasteiger charge is -2.14. The van der Waals surface area contributed by atoms with E-state index < -0.39 is 27.7 Å². The summed E-state index contributed by atoms with van der Waals surface area (Å²) in [5.41, 5.74) is 3.29. The minimum Gasteiger partial charge on any atom is -0.361 e. The van der Waals surface area contributed by atoms with E-state index in [1.165, 1.54) is 42.3 Å². The predicted octanol–water partition coefficient (Wildman–Crippen LogP) is 6.51. The third-order valence-electron chi connectivity index (χ3n) is 7.55. The number of aryl methyl sites for hydroxylation is 1. The summed E-state index contributed by atoms with van der Waals surface area (Å²) in [6.45, 7) is 1.71. The second-order valence-corrected chi connectivity index (χ2v) is 12.9. The molecule has 0 spiro atoms. The molecule has 49 heavy (non-hydrogen) atoms. The maximum Gasteiger partial charge on any atom is 0.416 e. The van der Waals surface area contributed by atoms with Crippen LogP contribution >= 0.6 is 0 Å². The maximum atomic E-state index is 13.7. The number of hydrogen-bond donors (Lipinski definition) is 5. The Morgan fingerprint density at radius 1 is 0.918 bits per heavy atom. The first-order valence-corrected chi connectivity index (χ1v) is 16.2. The Labute approximate surface area is 278 Å². The highest BCUT2D eigenvalue weighted by atomic mass is 32.2. The molecule has 2 heterocycles. The van der Waals surface area contributed by atoms with Crippen LogP contribution in [0.4, 0.5) is 41.6 Å². The summed E-state index contributed by atoms with van der Waals surface area (Å²) in [5, 5.41) is 11.7. The van der Waals surface area contributed by atoms with Gasteiger partial charge in [-0.25, -0.2) is 18.1 Å². The van der Waals surface area contributed by atoms with Gasteiger partial charge >= 0.3 is 6.18 Å². The zero-order valence-corrected chi connectivity index (χ0v) is 26.7. The van der Waals surface area contributed by atoms with Crippen molar-refractivity contribution in [2.75, 3.05) is 28.3 Å². The molecule has 250 valence electrons. The summed E-state index contributed by atoms with van der Waals surface area (Å²) in [6.07, 6.45) is -0.193. The monoisotopic (exact) mass is 687 g/mol. The van der Waals surface area contributed by atoms with Gasteiger partial charge in [-0.1, -0.05) is 6.07 Å². The van der Waals surface area contributed by atoms with Crippen molar-refractivity contribution < 1.29 is 31.2 Å². The molecule has 1 aliphatic rings. The highest BCUT2D eigenvalue weighted by molar-refractivity contribution is 7.89. The van der Waals surface area contributed by atoms with Gasteiger partial charge in [-0.05, 0) is 92.8 Å². The Kier molecular flexibility index (Phi) is 8.71. The number of amides is 2. The van der Waals surface area contributed by atoms with Gasteiger partial charge in [0.2, 0.25) is 10.0 Å². The number of anilines is 5. The molecule has 1 aliphatic heterocycles. The van der Waals surface area contributed by atoms with Crippen molar-refractivity contribution >= 4 is 55.8 Å². The van der Waals surface area contributed by atoms with Gasteiger partial charge in [0, 0.05) is 52.0 Å². The van der Waals surface area contributed by atoms with Crippen LogP contribution in [0.2, 0.25) is 0 Å². The first-order chi connectivity index (χ1) is 23.3. The molecule has 0 atom stereocenters. The van der Waals surface area contributed by atoms with Gasteiger partial charge in [0.05, 0.1) is 33.7 Å². The van der Waals surface area contributed by atoms with Crippen LogP contribution in [0.5, 0.6) is 0 Å². The fraction of sp³-hybridized carbons (Fsp3) is 0.0882. The number of alkyl halides is 3. The molecule has 0 aliphatic carbocycles. The SMILES string of the molecule is CNS(=O)(=O)c1ccc(N/C=C2\C(=O)Nc3cc(Nc4cccc(NC(=O)c5cc(-n6cnc(C)c6)cc(C(F)(F)F)c5)c4)ccc32)cc1. The number of fused-ring (bicyclic) bond motifs is 1. The summed E-state index contributed by atoms with van der Waals surface area (Å²) >= 11 is 0. The van der Waals surface area contributed by atoms with Crippen LogP contribution < -0.4 is 26.0 Å². The number of benzene rings is 4. The van der Waals surface area contributed by atoms with E-state index in [2.05, 4.69) is 31.0 Å². The number of sulfonamides is 1. The van der Waals surface area contributed by atoms with Gasteiger partial charge in [-0.3, -0.25) is 9.59 Å². The smallest absolute Gasteiger partial charge is 0.361 e. The average Bonchev–Trinajstić information content (AvgIpc) is 3.65. The van der Waals surface area contributed by atoms with Crippen LogP contribution in [-0.2, 0) is 21.0 Å². The molecule has 0 unspecified atom stereocenters. The molecular weight excluding hydrogens is 659 g/mol. The van der Waals surface area contributed by atoms with Gasteiger partial charge in [0.15, 0.2) is 0 Å². The number of aromatic nitrogens is 2. The third-order valence-corrected chi connectivity index (χ3v) is 8.98. The maximum absolute atomic E-state index is 13.7. The van der Waals surface area contributed by atoms with E-state index in [0.717, 1.165) is 12.1 Å². The van der Waals surface area contributed by atoms with Gasteiger partial charge in [0.1, 0.15) is 0 Å². The minimum atomic E-state index is -4.67. The molecular formula is C34H28F3N7O4S. The Morgan fingerprint density at radius 2 is 1.63 bits per heavy atom. The van der Waals surface area contributed by atoms with Crippen LogP contribution in [-0.4, -0.2) is 36.8 Å². The molecule has 0 bridgehead atoms. The molecule has 5 N–H and O–H groups in total. The quantitative estimate of drug-likeness (QED) is 0.111. The highest BCUT2D eigenvalue weighted by Gasteiger charge is 2.32. The third kappa shape index (κ3) is 7.32. The largest absolute Gasteiger partial charge is 0.416 e. The summed E-state index contributed by atoms with van der Waals surface area (Å²) in [5.74, 6) is -1.06. The lowest BCUT2D eigenvalue weighted by Crippen LogP contribution is -2.18. The second kappa shape index (κ2) is 12.9. The van der Waals surface area contributed by atoms with Crippen LogP contribution in [0.1, 0.15) is 27.2 Å². The fourth-order valence-electron chi connectivity index (χ4n) is 5.08. The molecule has 0 saturated carbocycles. The van der Waals surface area contributed by atoms with E-state index in [-0.39, 0.29) is 22.1 Å². The van der Waals surface area contributed by atoms with Gasteiger partial charge in [-0.15, -0.1) is 0 Å². The normalized spacial score (nSPS) is 13.6. The summed E-state index contributed by atoms with van der Waals surface area (Å²) in [7, 11) is -2.25. The van der Waals surface area contributed by atoms with E-state index in [4.69, 9.17) is 0 Å². The second-order valence-electron chi connectivity index (χ2n) is 11.0. The zero-order chi connectivity index (χ0) is 34.9. The molecule has 5 aromatic rings. The summed E-state index contributed by atoms with van der Waals surface area (Å²) in [6, 6.07) is 21.1. The van der Waals surface area contributed by atoms with Crippen molar-refractivity contribution in [2.45, 2.75) is 18.0 Å². The molecule has 11 nitrogen and oxygen atoms in total. The lowest BCUT2D eigenvalue weighted by molar-refractivity contribution is -0.137. The Morgan fingerprint density at radius 3 is 2.33 bits per heavy atom. The number of halogens is 3. The topological polar surface area (TPSA) is 146 Å². The van der Waals surface area contributed by atoms with Crippen LogP contribution in [0.25, 0.3) is 11.3 Å². The van der Waals surface area contributed by atoms with Gasteiger partial charge in [0.25, 0.3) is 11.8 Å². The van der Waals surface area contributed by atoms with E-state index >= 15 is 0 Å². The molecule has 2 amide bonds. The molecule has 4 aromatic carbocycles. The van der Waals surface area contributed by atoms with Crippen LogP contribution in [0.15, 0.2) is 109 Å². The van der Waals surface area contributed by atoms with Crippen molar-refractivity contribution in [3.63, 3.8) is 0 Å². The lowest BCUT2D eigenvalue weighted by atomic mass is 10.1. The number of rotatable bonds is 9. The Bertz CT molecular complexity index is 2230. The van der Waals surface area contributed by atoms with Crippen molar-refractivity contribution in [3.05, 3.63) is 126 Å². The average molecular weight is 688 g/mol. The van der Waals surface area contributed by atoms with E-state index in [0.29, 0.717) is 45.3 Å². The zero-order valence-electron chi connectivity index (χ0n) is 25.9. The number of nitrogens with one attached hydrogen (secondary N) is 5. The molecule has 0 fully saturated rings.